The van der Waals surface area contributed by atoms with Crippen molar-refractivity contribution in [1.29, 1.82) is 0 Å². The number of hydrogen-bond donors (Lipinski definition) is 1. The number of methoxy groups -OCH3 is 1. The van der Waals surface area contributed by atoms with Gasteiger partial charge in [0.2, 0.25) is 0 Å². The summed E-state index contributed by atoms with van der Waals surface area (Å²) < 4.78 is 5.27. The molecule has 2 heterocycles. The minimum Gasteiger partial charge on any atom is -0.497 e. The summed E-state index contributed by atoms with van der Waals surface area (Å²) in [6.45, 7) is 0.925. The van der Waals surface area contributed by atoms with Gasteiger partial charge >= 0.3 is 0 Å². The summed E-state index contributed by atoms with van der Waals surface area (Å²) in [6, 6.07) is 6.15. The molecule has 0 saturated carbocycles. The van der Waals surface area contributed by atoms with Gasteiger partial charge in [-0.2, -0.15) is 0 Å². The first-order valence-electron chi connectivity index (χ1n) is 5.57. The number of rotatable bonds is 1. The zero-order valence-corrected chi connectivity index (χ0v) is 9.29. The molecule has 1 aliphatic rings. The maximum Gasteiger partial charge on any atom is 0.119 e. The van der Waals surface area contributed by atoms with Gasteiger partial charge in [-0.15, -0.1) is 0 Å². The predicted molar refractivity (Wildman–Crippen MR) is 65.6 cm³/mol. The predicted octanol–water partition coefficient (Wildman–Crippen LogP) is 2.54. The Labute approximate surface area is 94.1 Å². The van der Waals surface area contributed by atoms with Gasteiger partial charge < -0.3 is 9.72 Å². The highest BCUT2D eigenvalue weighted by molar-refractivity contribution is 5.94. The van der Waals surface area contributed by atoms with Gasteiger partial charge in [-0.25, -0.2) is 0 Å². The zero-order valence-electron chi connectivity index (χ0n) is 9.29. The van der Waals surface area contributed by atoms with Crippen molar-refractivity contribution < 1.29 is 4.74 Å². The standard InChI is InChI=1S/C13H14N2O/c1-16-9-4-5-12-11(7-9)10-3-2-6-14-8-13(10)15-12/h4-5,7-8,15H,2-3,6H2,1H3. The lowest BCUT2D eigenvalue weighted by Gasteiger charge is -2.01. The van der Waals surface area contributed by atoms with Gasteiger partial charge in [0.05, 0.1) is 12.8 Å². The van der Waals surface area contributed by atoms with Crippen LogP contribution in [0.25, 0.3) is 10.9 Å². The second kappa shape index (κ2) is 3.67. The first kappa shape index (κ1) is 9.46. The Morgan fingerprint density at radius 2 is 2.31 bits per heavy atom. The third kappa shape index (κ3) is 1.40. The number of nitrogens with zero attached hydrogens (tertiary/aromatic N) is 1. The van der Waals surface area contributed by atoms with E-state index in [-0.39, 0.29) is 0 Å². The number of aliphatic imine (C=N–C) groups is 1. The van der Waals surface area contributed by atoms with Gasteiger partial charge in [-0.3, -0.25) is 4.99 Å². The Hall–Kier alpha value is -1.77. The quantitative estimate of drug-likeness (QED) is 0.778. The summed E-state index contributed by atoms with van der Waals surface area (Å²) in [5.41, 5.74) is 3.69. The van der Waals surface area contributed by atoms with E-state index in [1.807, 2.05) is 12.3 Å². The van der Waals surface area contributed by atoms with Crippen molar-refractivity contribution in [3.63, 3.8) is 0 Å². The fourth-order valence-corrected chi connectivity index (χ4v) is 2.26. The molecule has 3 heteroatoms. The van der Waals surface area contributed by atoms with E-state index >= 15 is 0 Å². The summed E-state index contributed by atoms with van der Waals surface area (Å²) in [5.74, 6) is 0.912. The largest absolute Gasteiger partial charge is 0.497 e. The maximum atomic E-state index is 5.27. The molecule has 0 radical (unpaired) electrons. The summed E-state index contributed by atoms with van der Waals surface area (Å²) in [4.78, 5) is 7.76. The van der Waals surface area contributed by atoms with E-state index in [2.05, 4.69) is 22.1 Å². The molecule has 0 fully saturated rings. The van der Waals surface area contributed by atoms with Gasteiger partial charge in [-0.1, -0.05) is 0 Å². The van der Waals surface area contributed by atoms with Crippen LogP contribution in [0.15, 0.2) is 23.2 Å². The summed E-state index contributed by atoms with van der Waals surface area (Å²) in [6.07, 6.45) is 4.16. The van der Waals surface area contributed by atoms with Crippen LogP contribution < -0.4 is 4.74 Å². The molecule has 0 amide bonds. The van der Waals surface area contributed by atoms with Crippen LogP contribution in [0.1, 0.15) is 17.7 Å². The fraction of sp³-hybridized carbons (Fsp3) is 0.308. The highest BCUT2D eigenvalue weighted by Crippen LogP contribution is 2.27. The second-order valence-corrected chi connectivity index (χ2v) is 4.07. The molecule has 2 aromatic rings. The Balaban J connectivity index is 2.25. The number of nitrogens with one attached hydrogen (secondary N) is 1. The van der Waals surface area contributed by atoms with Crippen LogP contribution in [-0.4, -0.2) is 24.9 Å². The maximum absolute atomic E-state index is 5.27. The Bertz CT molecular complexity index is 554. The second-order valence-electron chi connectivity index (χ2n) is 4.07. The van der Waals surface area contributed by atoms with Gasteiger partial charge in [-0.05, 0) is 36.6 Å². The van der Waals surface area contributed by atoms with E-state index < -0.39 is 0 Å². The van der Waals surface area contributed by atoms with E-state index in [0.29, 0.717) is 0 Å². The van der Waals surface area contributed by atoms with Crippen LogP contribution in [0.3, 0.4) is 0 Å². The van der Waals surface area contributed by atoms with Crippen molar-refractivity contribution in [3.8, 4) is 5.75 Å². The molecule has 1 aliphatic heterocycles. The van der Waals surface area contributed by atoms with Crippen molar-refractivity contribution in [2.24, 2.45) is 4.99 Å². The minimum atomic E-state index is 0.912. The number of H-pyrrole nitrogens is 1. The summed E-state index contributed by atoms with van der Waals surface area (Å²) in [5, 5.41) is 1.27. The molecule has 0 unspecified atom stereocenters. The first-order valence-corrected chi connectivity index (χ1v) is 5.57. The number of aromatic nitrogens is 1. The number of benzene rings is 1. The van der Waals surface area contributed by atoms with Crippen LogP contribution in [0.5, 0.6) is 5.75 Å². The summed E-state index contributed by atoms with van der Waals surface area (Å²) in [7, 11) is 1.70. The summed E-state index contributed by atoms with van der Waals surface area (Å²) >= 11 is 0. The molecule has 16 heavy (non-hydrogen) atoms. The molecular formula is C13H14N2O. The number of fused-ring (bicyclic) bond motifs is 3. The van der Waals surface area contributed by atoms with Crippen molar-refractivity contribution in [3.05, 3.63) is 29.5 Å². The Morgan fingerprint density at radius 1 is 1.38 bits per heavy atom. The molecule has 0 atom stereocenters. The molecule has 3 nitrogen and oxygen atoms in total. The van der Waals surface area contributed by atoms with Crippen molar-refractivity contribution in [2.45, 2.75) is 12.8 Å². The molecule has 1 aromatic heterocycles. The van der Waals surface area contributed by atoms with E-state index in [4.69, 9.17) is 4.74 Å². The van der Waals surface area contributed by atoms with E-state index in [1.54, 1.807) is 7.11 Å². The third-order valence-corrected chi connectivity index (χ3v) is 3.08. The average Bonchev–Trinajstić information content (AvgIpc) is 2.50. The van der Waals surface area contributed by atoms with Gasteiger partial charge in [0.25, 0.3) is 0 Å². The number of ether oxygens (including phenoxy) is 1. The molecule has 0 bridgehead atoms. The molecule has 0 saturated heterocycles. The van der Waals surface area contributed by atoms with Crippen LogP contribution in [-0.2, 0) is 6.42 Å². The van der Waals surface area contributed by atoms with Crippen LogP contribution in [0.4, 0.5) is 0 Å². The van der Waals surface area contributed by atoms with Crippen molar-refractivity contribution in [1.82, 2.24) is 4.98 Å². The SMILES string of the molecule is COc1ccc2[nH]c3c(c2c1)CCCN=C3. The van der Waals surface area contributed by atoms with Crippen molar-refractivity contribution >= 4 is 17.1 Å². The minimum absolute atomic E-state index is 0.912. The molecular weight excluding hydrogens is 200 g/mol. The zero-order chi connectivity index (χ0) is 11.0. The Kier molecular flexibility index (Phi) is 2.17. The van der Waals surface area contributed by atoms with Gasteiger partial charge in [0.15, 0.2) is 0 Å². The van der Waals surface area contributed by atoms with Gasteiger partial charge in [0, 0.05) is 23.7 Å². The number of aromatic amines is 1. The van der Waals surface area contributed by atoms with Crippen LogP contribution in [0, 0.1) is 0 Å². The molecule has 1 aromatic carbocycles. The monoisotopic (exact) mass is 214 g/mol. The molecule has 3 rings (SSSR count). The molecule has 1 N–H and O–H groups in total. The lowest BCUT2D eigenvalue weighted by molar-refractivity contribution is 0.415. The number of aryl methyl sites for hydroxylation is 1. The lowest BCUT2D eigenvalue weighted by Crippen LogP contribution is -1.87. The smallest absolute Gasteiger partial charge is 0.119 e. The first-order chi connectivity index (χ1) is 7.88. The van der Waals surface area contributed by atoms with E-state index in [9.17, 15) is 0 Å². The highest BCUT2D eigenvalue weighted by Gasteiger charge is 2.12. The highest BCUT2D eigenvalue weighted by atomic mass is 16.5. The Morgan fingerprint density at radius 3 is 3.19 bits per heavy atom. The van der Waals surface area contributed by atoms with Crippen LogP contribution in [0.2, 0.25) is 0 Å². The van der Waals surface area contributed by atoms with Crippen molar-refractivity contribution in [2.75, 3.05) is 13.7 Å². The third-order valence-electron chi connectivity index (χ3n) is 3.08. The van der Waals surface area contributed by atoms with E-state index in [1.165, 1.54) is 16.5 Å². The molecule has 0 aliphatic carbocycles. The average molecular weight is 214 g/mol. The van der Waals surface area contributed by atoms with E-state index in [0.717, 1.165) is 30.8 Å². The number of hydrogen-bond acceptors (Lipinski definition) is 2. The lowest BCUT2D eigenvalue weighted by atomic mass is 10.1. The molecule has 82 valence electrons. The topological polar surface area (TPSA) is 37.4 Å². The normalized spacial score (nSPS) is 14.8. The van der Waals surface area contributed by atoms with Crippen LogP contribution >= 0.6 is 0 Å². The molecule has 0 spiro atoms. The van der Waals surface area contributed by atoms with Gasteiger partial charge in [0.1, 0.15) is 5.75 Å². The fourth-order valence-electron chi connectivity index (χ4n) is 2.26.